The van der Waals surface area contributed by atoms with Gasteiger partial charge >= 0.3 is 0 Å². The molecule has 1 spiro atoms. The van der Waals surface area contributed by atoms with Gasteiger partial charge in [-0.2, -0.15) is 4.31 Å². The predicted molar refractivity (Wildman–Crippen MR) is 89.8 cm³/mol. The molecule has 1 aromatic carbocycles. The van der Waals surface area contributed by atoms with Gasteiger partial charge in [-0.1, -0.05) is 6.42 Å². The van der Waals surface area contributed by atoms with Gasteiger partial charge in [-0.05, 0) is 37.8 Å². The average molecular weight is 355 g/mol. The first-order chi connectivity index (χ1) is 11.4. The molecule has 0 bridgehead atoms. The van der Waals surface area contributed by atoms with Crippen LogP contribution < -0.4 is 9.47 Å². The summed E-state index contributed by atoms with van der Waals surface area (Å²) in [5.41, 5.74) is -0.294. The van der Waals surface area contributed by atoms with E-state index in [1.54, 1.807) is 12.1 Å². The Labute approximate surface area is 143 Å². The molecule has 2 fully saturated rings. The molecule has 2 atom stereocenters. The number of sulfonamides is 1. The summed E-state index contributed by atoms with van der Waals surface area (Å²) >= 11 is 0. The van der Waals surface area contributed by atoms with E-state index in [4.69, 9.17) is 9.47 Å². The van der Waals surface area contributed by atoms with Gasteiger partial charge in [0.1, 0.15) is 16.4 Å². The zero-order chi connectivity index (χ0) is 17.4. The van der Waals surface area contributed by atoms with Gasteiger partial charge in [0.05, 0.1) is 20.3 Å². The van der Waals surface area contributed by atoms with Crippen LogP contribution in [-0.4, -0.2) is 51.2 Å². The van der Waals surface area contributed by atoms with Gasteiger partial charge in [0.2, 0.25) is 10.0 Å². The van der Waals surface area contributed by atoms with Crippen molar-refractivity contribution in [3.63, 3.8) is 0 Å². The van der Waals surface area contributed by atoms with Crippen molar-refractivity contribution in [2.24, 2.45) is 5.41 Å². The summed E-state index contributed by atoms with van der Waals surface area (Å²) in [5.74, 6) is 0.782. The molecule has 0 unspecified atom stereocenters. The minimum atomic E-state index is -3.71. The normalized spacial score (nSPS) is 28.2. The first kappa shape index (κ1) is 17.5. The lowest BCUT2D eigenvalue weighted by molar-refractivity contribution is 0.0126. The fourth-order valence-electron chi connectivity index (χ4n) is 4.04. The number of hydrogen-bond acceptors (Lipinski definition) is 5. The highest BCUT2D eigenvalue weighted by Gasteiger charge is 2.47. The van der Waals surface area contributed by atoms with E-state index in [0.717, 1.165) is 32.1 Å². The zero-order valence-corrected chi connectivity index (χ0v) is 15.0. The highest BCUT2D eigenvalue weighted by Crippen LogP contribution is 2.46. The van der Waals surface area contributed by atoms with Crippen molar-refractivity contribution in [2.45, 2.75) is 43.1 Å². The van der Waals surface area contributed by atoms with Crippen molar-refractivity contribution in [3.05, 3.63) is 18.2 Å². The molecule has 6 nitrogen and oxygen atoms in total. The topological polar surface area (TPSA) is 76.1 Å². The van der Waals surface area contributed by atoms with Crippen LogP contribution in [0.1, 0.15) is 32.1 Å². The van der Waals surface area contributed by atoms with Crippen molar-refractivity contribution in [1.82, 2.24) is 4.31 Å². The van der Waals surface area contributed by atoms with Gasteiger partial charge in [0.25, 0.3) is 0 Å². The summed E-state index contributed by atoms with van der Waals surface area (Å²) < 4.78 is 38.3. The second-order valence-corrected chi connectivity index (χ2v) is 8.64. The summed E-state index contributed by atoms with van der Waals surface area (Å²) in [6.07, 6.45) is 3.84. The third-order valence-corrected chi connectivity index (χ3v) is 7.29. The summed E-state index contributed by atoms with van der Waals surface area (Å²) in [5, 5.41) is 10.4. The predicted octanol–water partition coefficient (Wildman–Crippen LogP) is 2.02. The molecule has 3 rings (SSSR count). The van der Waals surface area contributed by atoms with Crippen LogP contribution in [0, 0.1) is 5.41 Å². The summed E-state index contributed by atoms with van der Waals surface area (Å²) in [6.45, 7) is 0.841. The van der Waals surface area contributed by atoms with Crippen LogP contribution in [0.5, 0.6) is 11.5 Å². The molecule has 0 radical (unpaired) electrons. The van der Waals surface area contributed by atoms with Crippen LogP contribution in [0.2, 0.25) is 0 Å². The third-order valence-electron chi connectivity index (χ3n) is 5.42. The molecule has 1 saturated heterocycles. The van der Waals surface area contributed by atoms with E-state index < -0.39 is 16.1 Å². The number of aliphatic hydroxyl groups is 1. The molecular weight excluding hydrogens is 330 g/mol. The van der Waals surface area contributed by atoms with E-state index in [9.17, 15) is 13.5 Å². The highest BCUT2D eigenvalue weighted by atomic mass is 32.2. The molecule has 1 saturated carbocycles. The van der Waals surface area contributed by atoms with Crippen LogP contribution in [0.15, 0.2) is 23.1 Å². The third kappa shape index (κ3) is 2.89. The molecule has 1 heterocycles. The Balaban J connectivity index is 1.96. The van der Waals surface area contributed by atoms with Crippen LogP contribution in [0.3, 0.4) is 0 Å². The Bertz CT molecular complexity index is 705. The minimum absolute atomic E-state index is 0.119. The fraction of sp³-hybridized carbons (Fsp3) is 0.647. The van der Waals surface area contributed by atoms with Gasteiger partial charge in [0.15, 0.2) is 0 Å². The quantitative estimate of drug-likeness (QED) is 0.894. The molecule has 1 aromatic rings. The lowest BCUT2D eigenvalue weighted by Gasteiger charge is -2.41. The van der Waals surface area contributed by atoms with Crippen LogP contribution in [0.4, 0.5) is 0 Å². The monoisotopic (exact) mass is 355 g/mol. The Morgan fingerprint density at radius 3 is 2.58 bits per heavy atom. The van der Waals surface area contributed by atoms with Crippen LogP contribution in [-0.2, 0) is 10.0 Å². The Morgan fingerprint density at radius 1 is 1.21 bits per heavy atom. The van der Waals surface area contributed by atoms with Gasteiger partial charge in [-0.25, -0.2) is 8.42 Å². The Morgan fingerprint density at radius 2 is 1.96 bits per heavy atom. The van der Waals surface area contributed by atoms with Crippen molar-refractivity contribution < 1.29 is 23.0 Å². The SMILES string of the molecule is COc1ccc(OC)c(S(=O)(=O)N2CCC[C@]3(CCC[C@H]3O)C2)c1. The summed E-state index contributed by atoms with van der Waals surface area (Å²) in [6, 6.07) is 4.78. The Hall–Kier alpha value is -1.31. The number of nitrogens with zero attached hydrogens (tertiary/aromatic N) is 1. The molecule has 1 N–H and O–H groups in total. The molecule has 0 aromatic heterocycles. The standard InChI is InChI=1S/C17H25NO5S/c1-22-13-6-7-14(23-2)15(11-13)24(20,21)18-10-4-9-17(12-18)8-3-5-16(17)19/h6-7,11,16,19H,3-5,8-10,12H2,1-2H3/t16-,17-/m1/s1. The zero-order valence-electron chi connectivity index (χ0n) is 14.2. The molecule has 7 heteroatoms. The fourth-order valence-corrected chi connectivity index (χ4v) is 5.79. The summed E-state index contributed by atoms with van der Waals surface area (Å²) in [4.78, 5) is 0.119. The van der Waals surface area contributed by atoms with Gasteiger partial charge in [-0.15, -0.1) is 0 Å². The summed E-state index contributed by atoms with van der Waals surface area (Å²) in [7, 11) is -0.746. The number of benzene rings is 1. The van der Waals surface area contributed by atoms with Crippen molar-refractivity contribution in [3.8, 4) is 11.5 Å². The maximum atomic E-state index is 13.2. The maximum absolute atomic E-state index is 13.2. The van der Waals surface area contributed by atoms with E-state index in [-0.39, 0.29) is 10.3 Å². The van der Waals surface area contributed by atoms with Gasteiger partial charge in [0, 0.05) is 24.6 Å². The number of piperidine rings is 1. The van der Waals surface area contributed by atoms with E-state index in [0.29, 0.717) is 24.6 Å². The number of hydrogen-bond donors (Lipinski definition) is 1. The maximum Gasteiger partial charge on any atom is 0.246 e. The largest absolute Gasteiger partial charge is 0.497 e. The number of ether oxygens (including phenoxy) is 2. The van der Waals surface area contributed by atoms with Crippen LogP contribution >= 0.6 is 0 Å². The van der Waals surface area contributed by atoms with Gasteiger partial charge < -0.3 is 14.6 Å². The van der Waals surface area contributed by atoms with Gasteiger partial charge in [-0.3, -0.25) is 0 Å². The number of rotatable bonds is 4. The van der Waals surface area contributed by atoms with Crippen molar-refractivity contribution >= 4 is 10.0 Å². The molecule has 24 heavy (non-hydrogen) atoms. The number of aliphatic hydroxyl groups excluding tert-OH is 1. The molecular formula is C17H25NO5S. The van der Waals surface area contributed by atoms with E-state index in [1.807, 2.05) is 0 Å². The highest BCUT2D eigenvalue weighted by molar-refractivity contribution is 7.89. The molecule has 2 aliphatic rings. The second-order valence-electron chi connectivity index (χ2n) is 6.73. The number of methoxy groups -OCH3 is 2. The van der Waals surface area contributed by atoms with Crippen molar-refractivity contribution in [2.75, 3.05) is 27.3 Å². The second kappa shape index (κ2) is 6.54. The lowest BCUT2D eigenvalue weighted by atomic mass is 9.77. The van der Waals surface area contributed by atoms with E-state index >= 15 is 0 Å². The smallest absolute Gasteiger partial charge is 0.246 e. The first-order valence-corrected chi connectivity index (χ1v) is 9.77. The van der Waals surface area contributed by atoms with Crippen LogP contribution in [0.25, 0.3) is 0 Å². The van der Waals surface area contributed by atoms with E-state index in [1.165, 1.54) is 24.6 Å². The molecule has 1 aliphatic carbocycles. The Kier molecular flexibility index (Phi) is 4.77. The lowest BCUT2D eigenvalue weighted by Crippen LogP contribution is -2.49. The molecule has 134 valence electrons. The van der Waals surface area contributed by atoms with Crippen molar-refractivity contribution in [1.29, 1.82) is 0 Å². The molecule has 1 aliphatic heterocycles. The minimum Gasteiger partial charge on any atom is -0.497 e. The first-order valence-electron chi connectivity index (χ1n) is 8.33. The average Bonchev–Trinajstić information content (AvgIpc) is 2.94. The molecule has 0 amide bonds. The van der Waals surface area contributed by atoms with E-state index in [2.05, 4.69) is 0 Å².